The molecule has 0 saturated heterocycles. The second-order valence-corrected chi connectivity index (χ2v) is 4.26. The van der Waals surface area contributed by atoms with Gasteiger partial charge in [0.2, 0.25) is 5.95 Å². The van der Waals surface area contributed by atoms with E-state index in [4.69, 9.17) is 5.73 Å². The summed E-state index contributed by atoms with van der Waals surface area (Å²) in [6.45, 7) is 7.33. The molecule has 0 aromatic carbocycles. The predicted octanol–water partition coefficient (Wildman–Crippen LogP) is 2.12. The topological polar surface area (TPSA) is 67.1 Å². The van der Waals surface area contributed by atoms with Gasteiger partial charge in [-0.1, -0.05) is 13.8 Å². The molecule has 3 N–H and O–H groups in total. The Bertz CT molecular complexity index is 353. The predicted molar refractivity (Wildman–Crippen MR) is 73.4 cm³/mol. The molecule has 1 aromatic rings. The van der Waals surface area contributed by atoms with Gasteiger partial charge in [-0.05, 0) is 19.8 Å². The molecule has 0 saturated carbocycles. The lowest BCUT2D eigenvalue weighted by molar-refractivity contribution is 0.656. The van der Waals surface area contributed by atoms with Crippen LogP contribution in [0.3, 0.4) is 0 Å². The summed E-state index contributed by atoms with van der Waals surface area (Å²) in [6, 6.07) is 2.38. The molecule has 0 bridgehead atoms. The van der Waals surface area contributed by atoms with Crippen LogP contribution in [0, 0.1) is 0 Å². The Morgan fingerprint density at radius 2 is 2.12 bits per heavy atom. The molecule has 1 rings (SSSR count). The molecule has 0 aliphatic rings. The minimum atomic E-state index is 0.316. The van der Waals surface area contributed by atoms with Gasteiger partial charge in [0.25, 0.3) is 0 Å². The smallest absolute Gasteiger partial charge is 0.223 e. The van der Waals surface area contributed by atoms with E-state index in [9.17, 15) is 0 Å². The van der Waals surface area contributed by atoms with Crippen LogP contribution in [0.4, 0.5) is 17.6 Å². The number of nitrogens with two attached hydrogens (primary N) is 1. The summed E-state index contributed by atoms with van der Waals surface area (Å²) in [5.74, 6) is 1.98. The summed E-state index contributed by atoms with van der Waals surface area (Å²) >= 11 is 0. The molecule has 1 heterocycles. The highest BCUT2D eigenvalue weighted by atomic mass is 15.2. The van der Waals surface area contributed by atoms with Gasteiger partial charge in [-0.2, -0.15) is 9.97 Å². The minimum absolute atomic E-state index is 0.316. The van der Waals surface area contributed by atoms with E-state index in [0.717, 1.165) is 31.0 Å². The molecule has 96 valence electrons. The summed E-state index contributed by atoms with van der Waals surface area (Å²) in [6.07, 6.45) is 2.12. The van der Waals surface area contributed by atoms with Crippen molar-refractivity contribution in [3.05, 3.63) is 6.07 Å². The lowest BCUT2D eigenvalue weighted by Crippen LogP contribution is -2.29. The maximum atomic E-state index is 5.72. The van der Waals surface area contributed by atoms with Crippen molar-refractivity contribution in [3.8, 4) is 0 Å². The number of nitrogens with zero attached hydrogens (tertiary/aromatic N) is 3. The van der Waals surface area contributed by atoms with Crippen LogP contribution in [-0.2, 0) is 0 Å². The molecule has 0 spiro atoms. The quantitative estimate of drug-likeness (QED) is 0.793. The highest BCUT2D eigenvalue weighted by molar-refractivity contribution is 5.52. The molecule has 0 aliphatic carbocycles. The van der Waals surface area contributed by atoms with Gasteiger partial charge >= 0.3 is 0 Å². The summed E-state index contributed by atoms with van der Waals surface area (Å²) in [5.41, 5.74) is 5.72. The standard InChI is InChI=1S/C12H23N5/c1-5-7-14-10-8-11(16-12(13)15-10)17(4)9(3)6-2/h8-9H,5-7H2,1-4H3,(H3,13,14,15,16). The largest absolute Gasteiger partial charge is 0.370 e. The fraction of sp³-hybridized carbons (Fsp3) is 0.667. The van der Waals surface area contributed by atoms with E-state index in [1.807, 2.05) is 13.1 Å². The minimum Gasteiger partial charge on any atom is -0.370 e. The van der Waals surface area contributed by atoms with E-state index >= 15 is 0 Å². The highest BCUT2D eigenvalue weighted by Gasteiger charge is 2.11. The molecule has 5 heteroatoms. The number of nitrogen functional groups attached to an aromatic ring is 1. The fourth-order valence-electron chi connectivity index (χ4n) is 1.48. The molecular weight excluding hydrogens is 214 g/mol. The second-order valence-electron chi connectivity index (χ2n) is 4.26. The molecular formula is C12H23N5. The van der Waals surface area contributed by atoms with E-state index in [1.165, 1.54) is 0 Å². The molecule has 0 radical (unpaired) electrons. The van der Waals surface area contributed by atoms with Crippen molar-refractivity contribution >= 4 is 17.6 Å². The molecule has 5 nitrogen and oxygen atoms in total. The summed E-state index contributed by atoms with van der Waals surface area (Å²) in [4.78, 5) is 10.6. The first-order valence-corrected chi connectivity index (χ1v) is 6.19. The monoisotopic (exact) mass is 237 g/mol. The molecule has 0 amide bonds. The average molecular weight is 237 g/mol. The van der Waals surface area contributed by atoms with Crippen LogP contribution < -0.4 is 16.0 Å². The summed E-state index contributed by atoms with van der Waals surface area (Å²) in [5, 5.41) is 3.23. The number of hydrogen-bond acceptors (Lipinski definition) is 5. The molecule has 17 heavy (non-hydrogen) atoms. The Morgan fingerprint density at radius 1 is 1.41 bits per heavy atom. The van der Waals surface area contributed by atoms with Crippen molar-refractivity contribution in [2.24, 2.45) is 0 Å². The fourth-order valence-corrected chi connectivity index (χ4v) is 1.48. The maximum absolute atomic E-state index is 5.72. The van der Waals surface area contributed by atoms with Crippen molar-refractivity contribution < 1.29 is 0 Å². The van der Waals surface area contributed by atoms with Crippen molar-refractivity contribution in [1.82, 2.24) is 9.97 Å². The molecule has 1 unspecified atom stereocenters. The van der Waals surface area contributed by atoms with Gasteiger partial charge in [-0.25, -0.2) is 0 Å². The first kappa shape index (κ1) is 13.5. The molecule has 0 fully saturated rings. The zero-order valence-electron chi connectivity index (χ0n) is 11.2. The number of aromatic nitrogens is 2. The Balaban J connectivity index is 2.88. The number of nitrogens with one attached hydrogen (secondary N) is 1. The molecule has 1 atom stereocenters. The van der Waals surface area contributed by atoms with Crippen LogP contribution in [0.5, 0.6) is 0 Å². The van der Waals surface area contributed by atoms with Crippen molar-refractivity contribution in [2.75, 3.05) is 29.5 Å². The third-order valence-electron chi connectivity index (χ3n) is 2.90. The first-order chi connectivity index (χ1) is 8.08. The van der Waals surface area contributed by atoms with Gasteiger partial charge in [0.05, 0.1) is 0 Å². The summed E-state index contributed by atoms with van der Waals surface area (Å²) in [7, 11) is 2.03. The number of rotatable bonds is 6. The van der Waals surface area contributed by atoms with E-state index in [-0.39, 0.29) is 0 Å². The third-order valence-corrected chi connectivity index (χ3v) is 2.90. The summed E-state index contributed by atoms with van der Waals surface area (Å²) < 4.78 is 0. The van der Waals surface area contributed by atoms with Crippen LogP contribution in [0.25, 0.3) is 0 Å². The Labute approximate surface area is 103 Å². The molecule has 0 aliphatic heterocycles. The zero-order chi connectivity index (χ0) is 12.8. The van der Waals surface area contributed by atoms with Gasteiger partial charge in [0, 0.05) is 25.7 Å². The van der Waals surface area contributed by atoms with Crippen LogP contribution >= 0.6 is 0 Å². The number of hydrogen-bond donors (Lipinski definition) is 2. The third kappa shape index (κ3) is 3.76. The zero-order valence-corrected chi connectivity index (χ0v) is 11.2. The SMILES string of the molecule is CCCNc1cc(N(C)C(C)CC)nc(N)n1. The van der Waals surface area contributed by atoms with Crippen LogP contribution in [0.15, 0.2) is 6.07 Å². The van der Waals surface area contributed by atoms with E-state index in [0.29, 0.717) is 12.0 Å². The Kier molecular flexibility index (Phi) is 5.00. The lowest BCUT2D eigenvalue weighted by atomic mass is 10.2. The lowest BCUT2D eigenvalue weighted by Gasteiger charge is -2.25. The normalized spacial score (nSPS) is 12.2. The Morgan fingerprint density at radius 3 is 2.71 bits per heavy atom. The molecule has 1 aromatic heterocycles. The van der Waals surface area contributed by atoms with Crippen LogP contribution in [0.1, 0.15) is 33.6 Å². The van der Waals surface area contributed by atoms with Crippen LogP contribution in [-0.4, -0.2) is 29.6 Å². The van der Waals surface area contributed by atoms with E-state index < -0.39 is 0 Å². The average Bonchev–Trinajstić information content (AvgIpc) is 2.33. The van der Waals surface area contributed by atoms with E-state index in [2.05, 4.69) is 41.0 Å². The van der Waals surface area contributed by atoms with Gasteiger partial charge in [-0.15, -0.1) is 0 Å². The van der Waals surface area contributed by atoms with Crippen molar-refractivity contribution in [1.29, 1.82) is 0 Å². The van der Waals surface area contributed by atoms with Crippen molar-refractivity contribution in [2.45, 2.75) is 39.7 Å². The number of anilines is 3. The van der Waals surface area contributed by atoms with Gasteiger partial charge in [0.15, 0.2) is 0 Å². The first-order valence-electron chi connectivity index (χ1n) is 6.19. The maximum Gasteiger partial charge on any atom is 0.223 e. The van der Waals surface area contributed by atoms with Gasteiger partial charge in [-0.3, -0.25) is 0 Å². The highest BCUT2D eigenvalue weighted by Crippen LogP contribution is 2.18. The van der Waals surface area contributed by atoms with Gasteiger partial charge in [0.1, 0.15) is 11.6 Å². The van der Waals surface area contributed by atoms with E-state index in [1.54, 1.807) is 0 Å². The Hall–Kier alpha value is -1.52. The van der Waals surface area contributed by atoms with Gasteiger partial charge < -0.3 is 16.0 Å². The van der Waals surface area contributed by atoms with Crippen molar-refractivity contribution in [3.63, 3.8) is 0 Å². The second kappa shape index (κ2) is 6.27. The van der Waals surface area contributed by atoms with Crippen LogP contribution in [0.2, 0.25) is 0 Å².